The Morgan fingerprint density at radius 1 is 0.492 bits per heavy atom. The minimum Gasteiger partial charge on any atom is -0.336 e. The predicted octanol–water partition coefficient (Wildman–Crippen LogP) is 6.73. The van der Waals surface area contributed by atoms with Gasteiger partial charge < -0.3 is 16.0 Å². The van der Waals surface area contributed by atoms with Gasteiger partial charge >= 0.3 is 0 Å². The summed E-state index contributed by atoms with van der Waals surface area (Å²) >= 11 is 0. The number of rotatable bonds is 14. The van der Waals surface area contributed by atoms with Crippen LogP contribution < -0.4 is 16.0 Å². The van der Waals surface area contributed by atoms with E-state index in [0.717, 1.165) is 25.1 Å². The first-order valence-corrected chi connectivity index (χ1v) is 22.1. The number of azo groups is 2. The molecule has 1 aromatic heterocycles. The highest BCUT2D eigenvalue weighted by molar-refractivity contribution is 7.86. The SMILES string of the molecule is CC(Nc1nc(Nc2ccc(N=Nc3ccc4cc(S(=O)(=O)O)ccc4c3)cc2)nc(Nc2ccc(N=Nc3ccc(S(=O)(=O)O)cc3)cc2S(=O)(=O)O)n1)S(=O)(=O)O. The van der Waals surface area contributed by atoms with E-state index in [2.05, 4.69) is 51.4 Å². The minimum absolute atomic E-state index is 0.0681. The van der Waals surface area contributed by atoms with Crippen LogP contribution in [0.2, 0.25) is 0 Å². The summed E-state index contributed by atoms with van der Waals surface area (Å²) in [4.78, 5) is 11.1. The van der Waals surface area contributed by atoms with E-state index in [1.165, 1.54) is 42.5 Å². The van der Waals surface area contributed by atoms with Crippen LogP contribution in [-0.2, 0) is 40.5 Å². The molecule has 0 fully saturated rings. The first-order chi connectivity index (χ1) is 27.6. The van der Waals surface area contributed by atoms with E-state index < -0.39 is 50.7 Å². The Hall–Kier alpha value is -6.39. The van der Waals surface area contributed by atoms with Crippen LogP contribution in [0.5, 0.6) is 0 Å². The summed E-state index contributed by atoms with van der Waals surface area (Å²) in [6.45, 7) is 1.11. The molecule has 22 nitrogen and oxygen atoms in total. The second-order valence-electron chi connectivity index (χ2n) is 12.1. The average Bonchev–Trinajstić information content (AvgIpc) is 3.15. The van der Waals surface area contributed by atoms with Gasteiger partial charge in [0.1, 0.15) is 4.90 Å². The molecule has 6 aromatic rings. The molecule has 59 heavy (non-hydrogen) atoms. The molecule has 0 saturated carbocycles. The molecular weight excluding hydrogens is 857 g/mol. The van der Waals surface area contributed by atoms with Crippen molar-refractivity contribution in [2.24, 2.45) is 20.5 Å². The Bertz CT molecular complexity index is 3100. The standard InChI is InChI=1S/C33H28N10O12S4/c1-19(56(44,45)46)34-31-37-32(35-22-5-7-23(8-6-22)40-42-25-4-2-21-17-28(58(50,51)52)12-3-20(21)16-25)39-33(38-31)36-29-15-11-26(18-30(29)59(53,54)55)43-41-24-9-13-27(14-10-24)57(47,48)49/h2-19H,1H3,(H,44,45,46)(H,47,48,49)(H,50,51,52)(H,53,54,55)(H3,34,35,36,37,38,39). The van der Waals surface area contributed by atoms with Gasteiger partial charge in [0, 0.05) is 5.69 Å². The number of fused-ring (bicyclic) bond motifs is 1. The third-order valence-corrected chi connectivity index (χ3v) is 11.4. The Balaban J connectivity index is 1.23. The molecule has 0 aliphatic rings. The zero-order chi connectivity index (χ0) is 42.8. The Morgan fingerprint density at radius 3 is 1.53 bits per heavy atom. The molecule has 5 aromatic carbocycles. The zero-order valence-electron chi connectivity index (χ0n) is 29.7. The Labute approximate surface area is 335 Å². The van der Waals surface area contributed by atoms with Gasteiger partial charge in [-0.1, -0.05) is 12.1 Å². The topological polar surface area (TPSA) is 342 Å². The third kappa shape index (κ3) is 11.2. The van der Waals surface area contributed by atoms with Crippen molar-refractivity contribution >= 4 is 103 Å². The van der Waals surface area contributed by atoms with Crippen molar-refractivity contribution in [3.8, 4) is 0 Å². The highest BCUT2D eigenvalue weighted by Gasteiger charge is 2.21. The van der Waals surface area contributed by atoms with Gasteiger partial charge in [0.2, 0.25) is 17.8 Å². The summed E-state index contributed by atoms with van der Waals surface area (Å²) in [5.41, 5.74) is 1.05. The zero-order valence-corrected chi connectivity index (χ0v) is 33.0. The van der Waals surface area contributed by atoms with Gasteiger partial charge in [0.25, 0.3) is 40.5 Å². The number of hydrogen-bond donors (Lipinski definition) is 7. The maximum Gasteiger partial charge on any atom is 0.296 e. The molecule has 1 atom stereocenters. The molecule has 1 heterocycles. The fourth-order valence-electron chi connectivity index (χ4n) is 4.91. The van der Waals surface area contributed by atoms with Crippen LogP contribution in [-0.4, -0.2) is 72.2 Å². The lowest BCUT2D eigenvalue weighted by molar-refractivity contribution is 0.473. The summed E-state index contributed by atoms with van der Waals surface area (Å²) in [7, 11) is -18.4. The minimum atomic E-state index is -4.95. The molecule has 26 heteroatoms. The lowest BCUT2D eigenvalue weighted by Gasteiger charge is -2.15. The quantitative estimate of drug-likeness (QED) is 0.0440. The van der Waals surface area contributed by atoms with Crippen LogP contribution in [0.3, 0.4) is 0 Å². The summed E-state index contributed by atoms with van der Waals surface area (Å²) in [5.74, 6) is -0.946. The van der Waals surface area contributed by atoms with Crippen molar-refractivity contribution in [2.75, 3.05) is 16.0 Å². The van der Waals surface area contributed by atoms with Crippen molar-refractivity contribution < 1.29 is 51.9 Å². The van der Waals surface area contributed by atoms with Gasteiger partial charge in [-0.05, 0) is 109 Å². The predicted molar refractivity (Wildman–Crippen MR) is 212 cm³/mol. The lowest BCUT2D eigenvalue weighted by Crippen LogP contribution is -2.27. The Kier molecular flexibility index (Phi) is 11.8. The van der Waals surface area contributed by atoms with E-state index in [0.29, 0.717) is 27.8 Å². The van der Waals surface area contributed by atoms with Crippen molar-refractivity contribution in [2.45, 2.75) is 27.0 Å². The van der Waals surface area contributed by atoms with Crippen LogP contribution >= 0.6 is 0 Å². The first-order valence-electron chi connectivity index (χ1n) is 16.3. The monoisotopic (exact) mass is 884 g/mol. The highest BCUT2D eigenvalue weighted by atomic mass is 32.2. The van der Waals surface area contributed by atoms with Crippen LogP contribution in [0, 0.1) is 0 Å². The molecule has 0 amide bonds. The van der Waals surface area contributed by atoms with E-state index in [1.54, 1.807) is 42.5 Å². The highest BCUT2D eigenvalue weighted by Crippen LogP contribution is 2.31. The fraction of sp³-hybridized carbons (Fsp3) is 0.0606. The fourth-order valence-corrected chi connectivity index (χ4v) is 6.83. The lowest BCUT2D eigenvalue weighted by atomic mass is 10.1. The molecule has 7 N–H and O–H groups in total. The van der Waals surface area contributed by atoms with Crippen molar-refractivity contribution in [1.82, 2.24) is 15.0 Å². The van der Waals surface area contributed by atoms with Gasteiger partial charge in [-0.15, -0.1) is 0 Å². The number of hydrogen-bond acceptors (Lipinski definition) is 18. The smallest absolute Gasteiger partial charge is 0.296 e. The number of anilines is 5. The van der Waals surface area contributed by atoms with E-state index in [1.807, 2.05) is 0 Å². The van der Waals surface area contributed by atoms with Crippen LogP contribution in [0.4, 0.5) is 52.0 Å². The van der Waals surface area contributed by atoms with Crippen LogP contribution in [0.25, 0.3) is 10.8 Å². The second-order valence-corrected chi connectivity index (χ2v) is 18.1. The molecule has 0 aliphatic heterocycles. The molecule has 0 saturated heterocycles. The van der Waals surface area contributed by atoms with E-state index in [9.17, 15) is 47.3 Å². The van der Waals surface area contributed by atoms with Crippen LogP contribution in [0.1, 0.15) is 6.92 Å². The van der Waals surface area contributed by atoms with Gasteiger partial charge in [-0.2, -0.15) is 69.1 Å². The summed E-state index contributed by atoms with van der Waals surface area (Å²) in [5, 5.41) is 23.7. The average molecular weight is 885 g/mol. The van der Waals surface area contributed by atoms with Crippen molar-refractivity contribution in [3.63, 3.8) is 0 Å². The molecule has 1 unspecified atom stereocenters. The summed E-state index contributed by atoms with van der Waals surface area (Å²) in [6.07, 6.45) is 0. The normalized spacial score (nSPS) is 13.2. The number of aromatic nitrogens is 3. The van der Waals surface area contributed by atoms with Crippen LogP contribution in [0.15, 0.2) is 138 Å². The molecular formula is C33H28N10O12S4. The maximum atomic E-state index is 12.4. The molecule has 0 aliphatic carbocycles. The largest absolute Gasteiger partial charge is 0.336 e. The van der Waals surface area contributed by atoms with E-state index in [4.69, 9.17) is 4.55 Å². The van der Waals surface area contributed by atoms with Gasteiger partial charge in [-0.3, -0.25) is 18.2 Å². The van der Waals surface area contributed by atoms with Gasteiger partial charge in [0.15, 0.2) is 5.37 Å². The Morgan fingerprint density at radius 2 is 0.949 bits per heavy atom. The molecule has 6 rings (SSSR count). The number of nitrogens with zero attached hydrogens (tertiary/aromatic N) is 7. The first kappa shape index (κ1) is 42.2. The molecule has 306 valence electrons. The summed E-state index contributed by atoms with van der Waals surface area (Å²) in [6, 6.07) is 23.4. The van der Waals surface area contributed by atoms with E-state index >= 15 is 0 Å². The number of benzene rings is 5. The maximum absolute atomic E-state index is 12.4. The second kappa shape index (κ2) is 16.5. The molecule has 0 radical (unpaired) electrons. The van der Waals surface area contributed by atoms with Crippen molar-refractivity contribution in [1.29, 1.82) is 0 Å². The summed E-state index contributed by atoms with van der Waals surface area (Å²) < 4.78 is 132. The molecule has 0 spiro atoms. The molecule has 0 bridgehead atoms. The third-order valence-electron chi connectivity index (χ3n) is 7.82. The van der Waals surface area contributed by atoms with Gasteiger partial charge in [-0.25, -0.2) is 0 Å². The van der Waals surface area contributed by atoms with E-state index in [-0.39, 0.29) is 44.7 Å². The van der Waals surface area contributed by atoms with Crippen molar-refractivity contribution in [3.05, 3.63) is 103 Å². The van der Waals surface area contributed by atoms with Gasteiger partial charge in [0.05, 0.1) is 38.2 Å². The number of nitrogens with one attached hydrogen (secondary N) is 3.